The van der Waals surface area contributed by atoms with Gasteiger partial charge in [0.2, 0.25) is 5.91 Å². The molecule has 1 saturated heterocycles. The molecule has 2 rings (SSSR count). The molecule has 18 heavy (non-hydrogen) atoms. The van der Waals surface area contributed by atoms with E-state index in [-0.39, 0.29) is 11.8 Å². The number of hydrogen-bond donors (Lipinski definition) is 0. The quantitative estimate of drug-likeness (QED) is 0.615. The second kappa shape index (κ2) is 5.09. The number of hydrogen-bond acceptors (Lipinski definition) is 4. The van der Waals surface area contributed by atoms with Crippen molar-refractivity contribution in [3.05, 3.63) is 11.8 Å². The highest BCUT2D eigenvalue weighted by Gasteiger charge is 2.34. The number of rotatable bonds is 3. The van der Waals surface area contributed by atoms with Crippen molar-refractivity contribution in [3.8, 4) is 0 Å². The van der Waals surface area contributed by atoms with Crippen LogP contribution in [0.1, 0.15) is 16.8 Å². The number of esters is 1. The van der Waals surface area contributed by atoms with E-state index >= 15 is 0 Å². The Bertz CT molecular complexity index is 486. The second-order valence-electron chi connectivity index (χ2n) is 4.23. The van der Waals surface area contributed by atoms with E-state index in [2.05, 4.69) is 21.0 Å². The van der Waals surface area contributed by atoms with Crippen LogP contribution in [-0.4, -0.2) is 40.6 Å². The first-order valence-electron chi connectivity index (χ1n) is 5.55. The van der Waals surface area contributed by atoms with Crippen LogP contribution < -0.4 is 4.90 Å². The van der Waals surface area contributed by atoms with Crippen LogP contribution >= 0.6 is 15.9 Å². The van der Waals surface area contributed by atoms with E-state index in [4.69, 9.17) is 4.74 Å². The summed E-state index contributed by atoms with van der Waals surface area (Å²) in [7, 11) is 3.02. The molecule has 1 aliphatic rings. The Morgan fingerprint density at radius 3 is 2.94 bits per heavy atom. The van der Waals surface area contributed by atoms with Crippen molar-refractivity contribution in [2.75, 3.05) is 23.9 Å². The summed E-state index contributed by atoms with van der Waals surface area (Å²) in [6, 6.07) is 0. The highest BCUT2D eigenvalue weighted by Crippen LogP contribution is 2.28. The van der Waals surface area contributed by atoms with Gasteiger partial charge in [-0.15, -0.1) is 0 Å². The summed E-state index contributed by atoms with van der Waals surface area (Å²) >= 11 is 3.38. The van der Waals surface area contributed by atoms with Crippen LogP contribution in [0.25, 0.3) is 0 Å². The van der Waals surface area contributed by atoms with Gasteiger partial charge in [-0.2, -0.15) is 5.10 Å². The summed E-state index contributed by atoms with van der Waals surface area (Å²) in [5, 5.41) is 4.79. The van der Waals surface area contributed by atoms with Gasteiger partial charge in [-0.05, 0) is 5.92 Å². The van der Waals surface area contributed by atoms with Gasteiger partial charge in [-0.1, -0.05) is 15.9 Å². The van der Waals surface area contributed by atoms with E-state index in [1.54, 1.807) is 11.9 Å². The minimum Gasteiger partial charge on any atom is -0.465 e. The Morgan fingerprint density at radius 1 is 1.67 bits per heavy atom. The molecule has 1 atom stereocenters. The fourth-order valence-corrected chi connectivity index (χ4v) is 2.53. The Kier molecular flexibility index (Phi) is 3.70. The highest BCUT2D eigenvalue weighted by atomic mass is 79.9. The van der Waals surface area contributed by atoms with Crippen LogP contribution in [0, 0.1) is 5.92 Å². The molecular weight excluding hydrogens is 302 g/mol. The standard InChI is InChI=1S/C11H14BrN3O3/c1-14-10(8(5-13-14)11(17)18-2)15-6-7(4-12)3-9(15)16/h5,7H,3-4,6H2,1-2H3. The molecule has 0 N–H and O–H groups in total. The third kappa shape index (κ3) is 2.14. The topological polar surface area (TPSA) is 64.4 Å². The maximum atomic E-state index is 12.0. The molecule has 1 aromatic rings. The molecule has 0 saturated carbocycles. The number of halogens is 1. The molecule has 1 amide bonds. The number of aromatic nitrogens is 2. The van der Waals surface area contributed by atoms with Crippen molar-refractivity contribution in [2.24, 2.45) is 13.0 Å². The predicted octanol–water partition coefficient (Wildman–Crippen LogP) is 0.954. The molecule has 1 unspecified atom stereocenters. The zero-order valence-electron chi connectivity index (χ0n) is 10.2. The summed E-state index contributed by atoms with van der Waals surface area (Å²) in [6.45, 7) is 0.591. The average molecular weight is 316 g/mol. The minimum atomic E-state index is -0.479. The first-order valence-corrected chi connectivity index (χ1v) is 6.67. The lowest BCUT2D eigenvalue weighted by molar-refractivity contribution is -0.117. The van der Waals surface area contributed by atoms with Gasteiger partial charge in [0, 0.05) is 25.3 Å². The van der Waals surface area contributed by atoms with Crippen molar-refractivity contribution in [1.82, 2.24) is 9.78 Å². The minimum absolute atomic E-state index is 0.00760. The lowest BCUT2D eigenvalue weighted by atomic mass is 10.2. The van der Waals surface area contributed by atoms with Gasteiger partial charge < -0.3 is 4.74 Å². The molecule has 98 valence electrons. The smallest absolute Gasteiger partial charge is 0.343 e. The summed E-state index contributed by atoms with van der Waals surface area (Å²) in [5.41, 5.74) is 0.323. The van der Waals surface area contributed by atoms with Crippen molar-refractivity contribution >= 4 is 33.6 Å². The number of carbonyl (C=O) groups is 2. The van der Waals surface area contributed by atoms with Crippen molar-refractivity contribution < 1.29 is 14.3 Å². The highest BCUT2D eigenvalue weighted by molar-refractivity contribution is 9.09. The van der Waals surface area contributed by atoms with Crippen LogP contribution in [-0.2, 0) is 16.6 Å². The number of carbonyl (C=O) groups excluding carboxylic acids is 2. The van der Waals surface area contributed by atoms with Gasteiger partial charge in [0.1, 0.15) is 11.4 Å². The van der Waals surface area contributed by atoms with Gasteiger partial charge in [-0.25, -0.2) is 4.79 Å². The molecule has 6 nitrogen and oxygen atoms in total. The molecule has 0 spiro atoms. The molecule has 1 aliphatic heterocycles. The van der Waals surface area contributed by atoms with Gasteiger partial charge in [0.15, 0.2) is 0 Å². The van der Waals surface area contributed by atoms with E-state index < -0.39 is 5.97 Å². The number of anilines is 1. The van der Waals surface area contributed by atoms with E-state index in [1.807, 2.05) is 0 Å². The van der Waals surface area contributed by atoms with E-state index in [9.17, 15) is 9.59 Å². The number of amides is 1. The normalized spacial score (nSPS) is 19.4. The summed E-state index contributed by atoms with van der Waals surface area (Å²) < 4.78 is 6.23. The van der Waals surface area contributed by atoms with Crippen molar-refractivity contribution in [1.29, 1.82) is 0 Å². The van der Waals surface area contributed by atoms with Gasteiger partial charge in [-0.3, -0.25) is 14.4 Å². The van der Waals surface area contributed by atoms with Crippen molar-refractivity contribution in [2.45, 2.75) is 6.42 Å². The number of alkyl halides is 1. The Balaban J connectivity index is 2.36. The number of ether oxygens (including phenoxy) is 1. The molecule has 0 aromatic carbocycles. The lowest BCUT2D eigenvalue weighted by Gasteiger charge is -2.17. The maximum Gasteiger partial charge on any atom is 0.343 e. The average Bonchev–Trinajstić information content (AvgIpc) is 2.91. The number of aryl methyl sites for hydroxylation is 1. The number of methoxy groups -OCH3 is 1. The molecule has 1 fully saturated rings. The van der Waals surface area contributed by atoms with Gasteiger partial charge >= 0.3 is 5.97 Å². The predicted molar refractivity (Wildman–Crippen MR) is 68.8 cm³/mol. The Labute approximate surface area is 113 Å². The molecule has 7 heteroatoms. The van der Waals surface area contributed by atoms with E-state index in [1.165, 1.54) is 18.0 Å². The summed E-state index contributed by atoms with van der Waals surface area (Å²) in [4.78, 5) is 25.2. The number of nitrogens with zero attached hydrogens (tertiary/aromatic N) is 3. The fourth-order valence-electron chi connectivity index (χ4n) is 2.09. The first-order chi connectivity index (χ1) is 8.58. The lowest BCUT2D eigenvalue weighted by Crippen LogP contribution is -2.28. The largest absolute Gasteiger partial charge is 0.465 e. The third-order valence-corrected chi connectivity index (χ3v) is 3.91. The Morgan fingerprint density at radius 2 is 2.39 bits per heavy atom. The molecule has 0 radical (unpaired) electrons. The zero-order valence-corrected chi connectivity index (χ0v) is 11.8. The van der Waals surface area contributed by atoms with Crippen LogP contribution in [0.2, 0.25) is 0 Å². The summed E-state index contributed by atoms with van der Waals surface area (Å²) in [5.74, 6) is 0.301. The van der Waals surface area contributed by atoms with Crippen molar-refractivity contribution in [3.63, 3.8) is 0 Å². The Hall–Kier alpha value is -1.37. The van der Waals surface area contributed by atoms with E-state index in [0.717, 1.165) is 5.33 Å². The zero-order chi connectivity index (χ0) is 13.3. The summed E-state index contributed by atoms with van der Waals surface area (Å²) in [6.07, 6.45) is 1.91. The molecule has 2 heterocycles. The molecular formula is C11H14BrN3O3. The van der Waals surface area contributed by atoms with Gasteiger partial charge in [0.05, 0.1) is 13.3 Å². The molecule has 0 bridgehead atoms. The van der Waals surface area contributed by atoms with E-state index in [0.29, 0.717) is 24.3 Å². The first kappa shape index (κ1) is 13.1. The molecule has 0 aliphatic carbocycles. The van der Waals surface area contributed by atoms with Gasteiger partial charge in [0.25, 0.3) is 0 Å². The monoisotopic (exact) mass is 315 g/mol. The molecule has 1 aromatic heterocycles. The van der Waals surface area contributed by atoms with Crippen LogP contribution in [0.15, 0.2) is 6.20 Å². The van der Waals surface area contributed by atoms with Crippen LogP contribution in [0.5, 0.6) is 0 Å². The SMILES string of the molecule is COC(=O)c1cnn(C)c1N1CC(CBr)CC1=O. The van der Waals surface area contributed by atoms with Crippen LogP contribution in [0.3, 0.4) is 0 Å². The van der Waals surface area contributed by atoms with Crippen LogP contribution in [0.4, 0.5) is 5.82 Å². The maximum absolute atomic E-state index is 12.0. The second-order valence-corrected chi connectivity index (χ2v) is 4.87. The third-order valence-electron chi connectivity index (χ3n) is 2.99. The fraction of sp³-hybridized carbons (Fsp3) is 0.545.